The van der Waals surface area contributed by atoms with Gasteiger partial charge in [0.25, 0.3) is 0 Å². The number of aromatic nitrogens is 2. The third kappa shape index (κ3) is 1.32. The molecular formula is C9H13N3OS. The molecule has 1 aromatic heterocycles. The summed E-state index contributed by atoms with van der Waals surface area (Å²) >= 11 is 1.73. The van der Waals surface area contributed by atoms with E-state index in [1.54, 1.807) is 18.9 Å². The van der Waals surface area contributed by atoms with Gasteiger partial charge in [0, 0.05) is 10.8 Å². The van der Waals surface area contributed by atoms with Crippen molar-refractivity contribution in [3.05, 3.63) is 5.56 Å². The number of ether oxygens (including phenoxy) is 1. The molecule has 2 N–H and O–H groups in total. The van der Waals surface area contributed by atoms with Gasteiger partial charge in [0.1, 0.15) is 10.8 Å². The van der Waals surface area contributed by atoms with Gasteiger partial charge in [0.05, 0.1) is 7.11 Å². The molecule has 1 aliphatic rings. The number of fused-ring (bicyclic) bond motifs is 1. The second-order valence-electron chi connectivity index (χ2n) is 3.43. The Hall–Kier alpha value is -0.970. The fourth-order valence-electron chi connectivity index (χ4n) is 1.57. The van der Waals surface area contributed by atoms with Crippen LogP contribution in [0.5, 0.6) is 6.01 Å². The highest BCUT2D eigenvalue weighted by molar-refractivity contribution is 8.00. The van der Waals surface area contributed by atoms with Gasteiger partial charge in [-0.15, -0.1) is 11.8 Å². The van der Waals surface area contributed by atoms with E-state index in [9.17, 15) is 0 Å². The quantitative estimate of drug-likeness (QED) is 0.716. The van der Waals surface area contributed by atoms with Crippen LogP contribution in [-0.4, -0.2) is 22.3 Å². The van der Waals surface area contributed by atoms with Crippen LogP contribution in [0.3, 0.4) is 0 Å². The molecule has 0 fully saturated rings. The highest BCUT2D eigenvalue weighted by Crippen LogP contribution is 2.46. The molecule has 14 heavy (non-hydrogen) atoms. The van der Waals surface area contributed by atoms with Gasteiger partial charge in [0.15, 0.2) is 0 Å². The van der Waals surface area contributed by atoms with E-state index in [2.05, 4.69) is 23.8 Å². The second kappa shape index (κ2) is 3.31. The SMILES string of the molecule is COc1nc(N)c2c(n1)S[C@@H](C)[C@H]2C. The lowest BCUT2D eigenvalue weighted by atomic mass is 10.0. The minimum absolute atomic E-state index is 0.357. The molecule has 0 unspecified atom stereocenters. The fraction of sp³-hybridized carbons (Fsp3) is 0.556. The number of nitrogens with two attached hydrogens (primary N) is 1. The Morgan fingerprint density at radius 2 is 2.07 bits per heavy atom. The lowest BCUT2D eigenvalue weighted by Gasteiger charge is -2.09. The fourth-order valence-corrected chi connectivity index (χ4v) is 2.81. The Morgan fingerprint density at radius 1 is 1.36 bits per heavy atom. The first-order chi connectivity index (χ1) is 6.63. The number of thioether (sulfide) groups is 1. The van der Waals surface area contributed by atoms with Gasteiger partial charge < -0.3 is 10.5 Å². The van der Waals surface area contributed by atoms with Crippen LogP contribution in [-0.2, 0) is 0 Å². The maximum absolute atomic E-state index is 5.86. The number of hydrogen-bond acceptors (Lipinski definition) is 5. The van der Waals surface area contributed by atoms with E-state index in [1.807, 2.05) is 0 Å². The molecule has 0 aliphatic carbocycles. The van der Waals surface area contributed by atoms with Crippen LogP contribution in [0.4, 0.5) is 5.82 Å². The highest BCUT2D eigenvalue weighted by atomic mass is 32.2. The van der Waals surface area contributed by atoms with E-state index < -0.39 is 0 Å². The predicted octanol–water partition coefficient (Wildman–Crippen LogP) is 1.67. The molecule has 0 bridgehead atoms. The summed E-state index contributed by atoms with van der Waals surface area (Å²) in [4.78, 5) is 8.36. The summed E-state index contributed by atoms with van der Waals surface area (Å²) in [5.41, 5.74) is 6.93. The van der Waals surface area contributed by atoms with Crippen molar-refractivity contribution in [2.24, 2.45) is 0 Å². The van der Waals surface area contributed by atoms with Gasteiger partial charge in [-0.3, -0.25) is 0 Å². The summed E-state index contributed by atoms with van der Waals surface area (Å²) < 4.78 is 4.98. The monoisotopic (exact) mass is 211 g/mol. The first-order valence-corrected chi connectivity index (χ1v) is 5.39. The van der Waals surface area contributed by atoms with Crippen molar-refractivity contribution < 1.29 is 4.74 Å². The van der Waals surface area contributed by atoms with Crippen molar-refractivity contribution in [1.82, 2.24) is 9.97 Å². The van der Waals surface area contributed by atoms with Crippen molar-refractivity contribution in [3.8, 4) is 6.01 Å². The lowest BCUT2D eigenvalue weighted by molar-refractivity contribution is 0.376. The smallest absolute Gasteiger partial charge is 0.319 e. The van der Waals surface area contributed by atoms with E-state index >= 15 is 0 Å². The standard InChI is InChI=1S/C9H13N3OS/c1-4-5(2)14-8-6(4)7(10)11-9(12-8)13-3/h4-5H,1-3H3,(H2,10,11,12)/t4-,5+/m1/s1. The lowest BCUT2D eigenvalue weighted by Crippen LogP contribution is -2.06. The summed E-state index contributed by atoms with van der Waals surface area (Å²) in [6.07, 6.45) is 0. The van der Waals surface area contributed by atoms with Gasteiger partial charge in [-0.05, 0) is 5.92 Å². The molecule has 5 heteroatoms. The Bertz CT molecular complexity index is 369. The molecule has 2 heterocycles. The molecule has 0 amide bonds. The average Bonchev–Trinajstić information content (AvgIpc) is 2.43. The van der Waals surface area contributed by atoms with Gasteiger partial charge in [0.2, 0.25) is 0 Å². The Balaban J connectivity index is 2.52. The van der Waals surface area contributed by atoms with Crippen molar-refractivity contribution in [3.63, 3.8) is 0 Å². The van der Waals surface area contributed by atoms with Gasteiger partial charge in [-0.1, -0.05) is 13.8 Å². The second-order valence-corrected chi connectivity index (χ2v) is 4.79. The molecule has 1 aliphatic heterocycles. The third-order valence-electron chi connectivity index (χ3n) is 2.56. The molecule has 0 saturated carbocycles. The molecule has 0 saturated heterocycles. The zero-order chi connectivity index (χ0) is 10.3. The first kappa shape index (κ1) is 9.58. The summed E-state index contributed by atoms with van der Waals surface area (Å²) in [6, 6.07) is 0.357. The van der Waals surface area contributed by atoms with E-state index in [0.717, 1.165) is 10.6 Å². The molecular weight excluding hydrogens is 198 g/mol. The van der Waals surface area contributed by atoms with Crippen LogP contribution in [0.1, 0.15) is 25.3 Å². The molecule has 2 rings (SSSR count). The number of rotatable bonds is 1. The molecule has 0 aromatic carbocycles. The molecule has 76 valence electrons. The summed E-state index contributed by atoms with van der Waals surface area (Å²) in [5, 5.41) is 1.48. The number of methoxy groups -OCH3 is 1. The molecule has 0 radical (unpaired) electrons. The van der Waals surface area contributed by atoms with Crippen molar-refractivity contribution in [2.75, 3.05) is 12.8 Å². The van der Waals surface area contributed by atoms with Gasteiger partial charge >= 0.3 is 6.01 Å². The molecule has 1 aromatic rings. The van der Waals surface area contributed by atoms with Gasteiger partial charge in [-0.2, -0.15) is 9.97 Å². The maximum atomic E-state index is 5.86. The average molecular weight is 211 g/mol. The number of nitrogen functional groups attached to an aromatic ring is 1. The number of nitrogens with zero attached hydrogens (tertiary/aromatic N) is 2. The molecule has 0 spiro atoms. The zero-order valence-electron chi connectivity index (χ0n) is 8.44. The Kier molecular flexibility index (Phi) is 2.26. The van der Waals surface area contributed by atoms with Crippen molar-refractivity contribution >= 4 is 17.6 Å². The van der Waals surface area contributed by atoms with Crippen molar-refractivity contribution in [1.29, 1.82) is 0 Å². The van der Waals surface area contributed by atoms with E-state index in [0.29, 0.717) is 23.0 Å². The predicted molar refractivity (Wildman–Crippen MR) is 56.7 cm³/mol. The highest BCUT2D eigenvalue weighted by Gasteiger charge is 2.31. The first-order valence-electron chi connectivity index (χ1n) is 4.51. The normalized spacial score (nSPS) is 24.8. The number of hydrogen-bond donors (Lipinski definition) is 1. The largest absolute Gasteiger partial charge is 0.467 e. The van der Waals surface area contributed by atoms with Crippen LogP contribution in [0.25, 0.3) is 0 Å². The molecule has 4 nitrogen and oxygen atoms in total. The van der Waals surface area contributed by atoms with E-state index in [-0.39, 0.29) is 0 Å². The third-order valence-corrected chi connectivity index (χ3v) is 3.87. The van der Waals surface area contributed by atoms with E-state index in [4.69, 9.17) is 10.5 Å². The number of anilines is 1. The van der Waals surface area contributed by atoms with Crippen LogP contribution in [0.2, 0.25) is 0 Å². The van der Waals surface area contributed by atoms with Gasteiger partial charge in [-0.25, -0.2) is 0 Å². The summed E-state index contributed by atoms with van der Waals surface area (Å²) in [7, 11) is 1.55. The Morgan fingerprint density at radius 3 is 2.71 bits per heavy atom. The summed E-state index contributed by atoms with van der Waals surface area (Å²) in [6.45, 7) is 4.32. The van der Waals surface area contributed by atoms with Crippen LogP contribution >= 0.6 is 11.8 Å². The van der Waals surface area contributed by atoms with Crippen molar-refractivity contribution in [2.45, 2.75) is 30.0 Å². The zero-order valence-corrected chi connectivity index (χ0v) is 9.26. The summed E-state index contributed by atoms with van der Waals surface area (Å²) in [5.74, 6) is 0.970. The Labute approximate surface area is 87.3 Å². The van der Waals surface area contributed by atoms with Crippen LogP contribution < -0.4 is 10.5 Å². The van der Waals surface area contributed by atoms with Crippen LogP contribution in [0, 0.1) is 0 Å². The molecule has 2 atom stereocenters. The van der Waals surface area contributed by atoms with E-state index in [1.165, 1.54) is 0 Å². The van der Waals surface area contributed by atoms with Crippen LogP contribution in [0.15, 0.2) is 5.03 Å². The topological polar surface area (TPSA) is 61.0 Å². The minimum Gasteiger partial charge on any atom is -0.467 e. The minimum atomic E-state index is 0.357. The maximum Gasteiger partial charge on any atom is 0.319 e.